The lowest BCUT2D eigenvalue weighted by molar-refractivity contribution is -0.117. The molecule has 1 amide bonds. The van der Waals surface area contributed by atoms with Gasteiger partial charge in [-0.05, 0) is 43.5 Å². The average Bonchev–Trinajstić information content (AvgIpc) is 2.98. The largest absolute Gasteiger partial charge is 0.352 e. The third-order valence-corrected chi connectivity index (χ3v) is 4.57. The van der Waals surface area contributed by atoms with E-state index in [1.165, 1.54) is 11.1 Å². The molecular formula is C22H25N3O. The molecule has 0 aliphatic heterocycles. The highest BCUT2D eigenvalue weighted by Gasteiger charge is 2.12. The van der Waals surface area contributed by atoms with Crippen LogP contribution in [0.4, 0.5) is 0 Å². The number of fused-ring (bicyclic) bond motifs is 1. The van der Waals surface area contributed by atoms with E-state index >= 15 is 0 Å². The van der Waals surface area contributed by atoms with Gasteiger partial charge in [0, 0.05) is 25.1 Å². The highest BCUT2D eigenvalue weighted by molar-refractivity contribution is 5.92. The first-order valence-corrected chi connectivity index (χ1v) is 8.98. The van der Waals surface area contributed by atoms with Crippen molar-refractivity contribution in [2.45, 2.75) is 33.2 Å². The minimum atomic E-state index is -0.0848. The van der Waals surface area contributed by atoms with Gasteiger partial charge in [0.1, 0.15) is 5.82 Å². The summed E-state index contributed by atoms with van der Waals surface area (Å²) in [6, 6.07) is 16.7. The number of benzene rings is 2. The zero-order valence-electron chi connectivity index (χ0n) is 15.5. The van der Waals surface area contributed by atoms with Crippen molar-refractivity contribution in [1.82, 2.24) is 14.9 Å². The molecule has 4 heteroatoms. The van der Waals surface area contributed by atoms with Gasteiger partial charge in [0.2, 0.25) is 5.91 Å². The molecule has 0 fully saturated rings. The van der Waals surface area contributed by atoms with Crippen LogP contribution in [0.3, 0.4) is 0 Å². The Morgan fingerprint density at radius 1 is 1.15 bits per heavy atom. The molecule has 134 valence electrons. The van der Waals surface area contributed by atoms with Crippen molar-refractivity contribution in [2.24, 2.45) is 0 Å². The molecule has 1 N–H and O–H groups in total. The molecule has 26 heavy (non-hydrogen) atoms. The molecule has 0 atom stereocenters. The van der Waals surface area contributed by atoms with Crippen molar-refractivity contribution in [3.63, 3.8) is 0 Å². The molecule has 2 aromatic carbocycles. The predicted octanol–water partition coefficient (Wildman–Crippen LogP) is 4.02. The van der Waals surface area contributed by atoms with Gasteiger partial charge in [-0.2, -0.15) is 0 Å². The van der Waals surface area contributed by atoms with E-state index in [2.05, 4.69) is 65.9 Å². The first-order valence-electron chi connectivity index (χ1n) is 8.98. The maximum absolute atomic E-state index is 11.6. The highest BCUT2D eigenvalue weighted by atomic mass is 16.1. The normalized spacial score (nSPS) is 10.8. The van der Waals surface area contributed by atoms with Crippen molar-refractivity contribution < 1.29 is 4.79 Å². The van der Waals surface area contributed by atoms with Crippen molar-refractivity contribution in [1.29, 1.82) is 0 Å². The van der Waals surface area contributed by atoms with Crippen LogP contribution in [0, 0.1) is 6.92 Å². The Kier molecular flexibility index (Phi) is 5.52. The number of nitrogens with zero attached hydrogens (tertiary/aromatic N) is 2. The van der Waals surface area contributed by atoms with Crippen LogP contribution >= 0.6 is 0 Å². The van der Waals surface area contributed by atoms with Gasteiger partial charge < -0.3 is 9.88 Å². The lowest BCUT2D eigenvalue weighted by atomic mass is 10.1. The zero-order valence-corrected chi connectivity index (χ0v) is 15.5. The van der Waals surface area contributed by atoms with Crippen molar-refractivity contribution in [3.8, 4) is 0 Å². The first kappa shape index (κ1) is 17.9. The average molecular weight is 347 g/mol. The van der Waals surface area contributed by atoms with Crippen LogP contribution in [0.1, 0.15) is 30.3 Å². The Balaban J connectivity index is 1.80. The second kappa shape index (κ2) is 8.00. The van der Waals surface area contributed by atoms with E-state index < -0.39 is 0 Å². The molecule has 0 saturated heterocycles. The van der Waals surface area contributed by atoms with Crippen molar-refractivity contribution in [2.75, 3.05) is 6.54 Å². The summed E-state index contributed by atoms with van der Waals surface area (Å²) in [6.45, 7) is 8.95. The van der Waals surface area contributed by atoms with Crippen LogP contribution in [0.2, 0.25) is 0 Å². The minimum absolute atomic E-state index is 0.0848. The molecule has 0 aliphatic carbocycles. The summed E-state index contributed by atoms with van der Waals surface area (Å²) in [6.07, 6.45) is 1.66. The van der Waals surface area contributed by atoms with Crippen LogP contribution in [-0.2, 0) is 17.8 Å². The maximum Gasteiger partial charge on any atom is 0.246 e. The summed E-state index contributed by atoms with van der Waals surface area (Å²) in [4.78, 5) is 16.4. The van der Waals surface area contributed by atoms with Gasteiger partial charge in [0.15, 0.2) is 0 Å². The molecule has 0 saturated carbocycles. The summed E-state index contributed by atoms with van der Waals surface area (Å²) < 4.78 is 2.29. The van der Waals surface area contributed by atoms with E-state index in [1.54, 1.807) is 6.92 Å². The van der Waals surface area contributed by atoms with E-state index in [1.807, 2.05) is 6.07 Å². The van der Waals surface area contributed by atoms with Crippen LogP contribution < -0.4 is 5.32 Å². The van der Waals surface area contributed by atoms with Crippen LogP contribution in [0.15, 0.2) is 60.7 Å². The number of carbonyl (C=O) groups excluding carboxylic acids is 1. The zero-order chi connectivity index (χ0) is 18.5. The maximum atomic E-state index is 11.6. The molecule has 0 unspecified atom stereocenters. The number of aryl methyl sites for hydroxylation is 2. The quantitative estimate of drug-likeness (QED) is 0.518. The van der Waals surface area contributed by atoms with Crippen molar-refractivity contribution in [3.05, 3.63) is 77.6 Å². The van der Waals surface area contributed by atoms with Crippen LogP contribution in [0.25, 0.3) is 11.0 Å². The molecule has 3 rings (SSSR count). The number of para-hydroxylation sites is 2. The standard InChI is InChI=1S/C22H25N3O/c1-16(2)22(26)23-14-8-13-21-24-19-11-6-7-12-20(19)25(21)15-18-10-5-4-9-17(18)3/h4-7,9-12H,1,8,13-15H2,2-3H3,(H,23,26). The molecule has 0 bridgehead atoms. The first-order chi connectivity index (χ1) is 12.6. The Morgan fingerprint density at radius 3 is 2.65 bits per heavy atom. The van der Waals surface area contributed by atoms with Gasteiger partial charge in [-0.15, -0.1) is 0 Å². The van der Waals surface area contributed by atoms with E-state index in [0.29, 0.717) is 12.1 Å². The van der Waals surface area contributed by atoms with Crippen LogP contribution in [0.5, 0.6) is 0 Å². The number of hydrogen-bond donors (Lipinski definition) is 1. The molecule has 0 aliphatic rings. The van der Waals surface area contributed by atoms with Gasteiger partial charge in [-0.1, -0.05) is 43.0 Å². The van der Waals surface area contributed by atoms with Gasteiger partial charge in [-0.25, -0.2) is 4.98 Å². The van der Waals surface area contributed by atoms with Gasteiger partial charge in [0.05, 0.1) is 11.0 Å². The number of imidazole rings is 1. The number of hydrogen-bond acceptors (Lipinski definition) is 2. The summed E-state index contributed by atoms with van der Waals surface area (Å²) in [7, 11) is 0. The molecule has 1 aromatic heterocycles. The van der Waals surface area contributed by atoms with E-state index in [-0.39, 0.29) is 5.91 Å². The molecular weight excluding hydrogens is 322 g/mol. The van der Waals surface area contributed by atoms with E-state index in [4.69, 9.17) is 4.98 Å². The second-order valence-corrected chi connectivity index (χ2v) is 6.67. The minimum Gasteiger partial charge on any atom is -0.352 e. The van der Waals surface area contributed by atoms with Crippen LogP contribution in [-0.4, -0.2) is 22.0 Å². The molecule has 0 spiro atoms. The third kappa shape index (κ3) is 4.02. The fourth-order valence-electron chi connectivity index (χ4n) is 3.05. The summed E-state index contributed by atoms with van der Waals surface area (Å²) in [5, 5.41) is 2.89. The van der Waals surface area contributed by atoms with E-state index in [0.717, 1.165) is 36.2 Å². The third-order valence-electron chi connectivity index (χ3n) is 4.57. The highest BCUT2D eigenvalue weighted by Crippen LogP contribution is 2.20. The lowest BCUT2D eigenvalue weighted by Gasteiger charge is -2.12. The number of amides is 1. The summed E-state index contributed by atoms with van der Waals surface area (Å²) in [5.41, 5.74) is 5.29. The van der Waals surface area contributed by atoms with E-state index in [9.17, 15) is 4.79 Å². The number of nitrogens with one attached hydrogen (secondary N) is 1. The molecule has 4 nitrogen and oxygen atoms in total. The van der Waals surface area contributed by atoms with Crippen molar-refractivity contribution >= 4 is 16.9 Å². The molecule has 3 aromatic rings. The fraction of sp³-hybridized carbons (Fsp3) is 0.273. The second-order valence-electron chi connectivity index (χ2n) is 6.67. The SMILES string of the molecule is C=C(C)C(=O)NCCCc1nc2ccccc2n1Cc1ccccc1C. The Labute approximate surface area is 154 Å². The molecule has 1 heterocycles. The van der Waals surface area contributed by atoms with Gasteiger partial charge >= 0.3 is 0 Å². The topological polar surface area (TPSA) is 46.9 Å². The number of rotatable bonds is 7. The summed E-state index contributed by atoms with van der Waals surface area (Å²) >= 11 is 0. The van der Waals surface area contributed by atoms with Gasteiger partial charge in [-0.3, -0.25) is 4.79 Å². The predicted molar refractivity (Wildman–Crippen MR) is 106 cm³/mol. The fourth-order valence-corrected chi connectivity index (χ4v) is 3.05. The Bertz CT molecular complexity index is 939. The monoisotopic (exact) mass is 347 g/mol. The molecule has 0 radical (unpaired) electrons. The number of aromatic nitrogens is 2. The smallest absolute Gasteiger partial charge is 0.246 e. The Hall–Kier alpha value is -2.88. The lowest BCUT2D eigenvalue weighted by Crippen LogP contribution is -2.25. The van der Waals surface area contributed by atoms with Gasteiger partial charge in [0.25, 0.3) is 0 Å². The number of carbonyl (C=O) groups is 1. The summed E-state index contributed by atoms with van der Waals surface area (Å²) in [5.74, 6) is 0.970. The Morgan fingerprint density at radius 2 is 1.88 bits per heavy atom.